The van der Waals surface area contributed by atoms with Crippen LogP contribution in [0, 0.1) is 0 Å². The Balaban J connectivity index is 2.00. The predicted octanol–water partition coefficient (Wildman–Crippen LogP) is 2.22. The lowest BCUT2D eigenvalue weighted by atomic mass is 10.1. The van der Waals surface area contributed by atoms with Gasteiger partial charge in [-0.1, -0.05) is 13.0 Å². The molecule has 4 nitrogen and oxygen atoms in total. The number of fused-ring (bicyclic) bond motifs is 1. The first-order chi connectivity index (χ1) is 9.85. The second-order valence-electron chi connectivity index (χ2n) is 4.67. The van der Waals surface area contributed by atoms with Crippen molar-refractivity contribution in [2.24, 2.45) is 0 Å². The highest BCUT2D eigenvalue weighted by Gasteiger charge is 2.16. The number of thioether (sulfide) groups is 1. The maximum Gasteiger partial charge on any atom is 0.161 e. The second kappa shape index (κ2) is 8.39. The number of ether oxygens (including phenoxy) is 2. The average Bonchev–Trinajstić information content (AvgIpc) is 2.50. The molecule has 1 aromatic carbocycles. The Morgan fingerprint density at radius 3 is 2.85 bits per heavy atom. The van der Waals surface area contributed by atoms with Crippen molar-refractivity contribution < 1.29 is 14.6 Å². The normalized spacial score (nSPS) is 15.1. The minimum atomic E-state index is 0.267. The summed E-state index contributed by atoms with van der Waals surface area (Å²) in [6.07, 6.45) is 0.852. The van der Waals surface area contributed by atoms with Crippen molar-refractivity contribution in [1.82, 2.24) is 5.32 Å². The number of hydrogen-bond acceptors (Lipinski definition) is 5. The topological polar surface area (TPSA) is 50.7 Å². The SMILES string of the molecule is CCNC(CSCCCO)c1ccc2c(c1)OCCO2. The van der Waals surface area contributed by atoms with Crippen molar-refractivity contribution >= 4 is 11.8 Å². The third-order valence-corrected chi connectivity index (χ3v) is 4.30. The number of nitrogens with one attached hydrogen (secondary N) is 1. The molecule has 0 fully saturated rings. The highest BCUT2D eigenvalue weighted by molar-refractivity contribution is 7.99. The van der Waals surface area contributed by atoms with Crippen LogP contribution in [0.3, 0.4) is 0 Å². The number of benzene rings is 1. The first-order valence-electron chi connectivity index (χ1n) is 7.16. The Kier molecular flexibility index (Phi) is 6.50. The van der Waals surface area contributed by atoms with Gasteiger partial charge in [0.25, 0.3) is 0 Å². The lowest BCUT2D eigenvalue weighted by Crippen LogP contribution is -2.23. The largest absolute Gasteiger partial charge is 0.486 e. The fourth-order valence-corrected chi connectivity index (χ4v) is 3.21. The molecule has 0 saturated heterocycles. The molecular weight excluding hydrogens is 274 g/mol. The van der Waals surface area contributed by atoms with Gasteiger partial charge in [0.15, 0.2) is 11.5 Å². The molecule has 1 heterocycles. The first-order valence-corrected chi connectivity index (χ1v) is 8.32. The smallest absolute Gasteiger partial charge is 0.161 e. The van der Waals surface area contributed by atoms with Gasteiger partial charge in [-0.25, -0.2) is 0 Å². The van der Waals surface area contributed by atoms with Crippen molar-refractivity contribution in [3.8, 4) is 11.5 Å². The van der Waals surface area contributed by atoms with Crippen LogP contribution in [0.15, 0.2) is 18.2 Å². The summed E-state index contributed by atoms with van der Waals surface area (Å²) in [5, 5.41) is 12.3. The minimum absolute atomic E-state index is 0.267. The summed E-state index contributed by atoms with van der Waals surface area (Å²) in [6, 6.07) is 6.48. The Labute approximate surface area is 124 Å². The van der Waals surface area contributed by atoms with Gasteiger partial charge < -0.3 is 19.9 Å². The van der Waals surface area contributed by atoms with Gasteiger partial charge in [-0.2, -0.15) is 11.8 Å². The van der Waals surface area contributed by atoms with E-state index in [1.807, 2.05) is 17.8 Å². The molecule has 1 aliphatic rings. The van der Waals surface area contributed by atoms with Crippen molar-refractivity contribution in [3.63, 3.8) is 0 Å². The van der Waals surface area contributed by atoms with Crippen LogP contribution < -0.4 is 14.8 Å². The van der Waals surface area contributed by atoms with Crippen molar-refractivity contribution in [1.29, 1.82) is 0 Å². The summed E-state index contributed by atoms with van der Waals surface area (Å²) in [4.78, 5) is 0. The zero-order valence-corrected chi connectivity index (χ0v) is 12.7. The van der Waals surface area contributed by atoms with Gasteiger partial charge in [-0.05, 0) is 36.4 Å². The Morgan fingerprint density at radius 2 is 2.10 bits per heavy atom. The number of aliphatic hydroxyl groups is 1. The van der Waals surface area contributed by atoms with Gasteiger partial charge in [-0.15, -0.1) is 0 Å². The van der Waals surface area contributed by atoms with E-state index in [0.717, 1.165) is 36.0 Å². The molecule has 2 N–H and O–H groups in total. The van der Waals surface area contributed by atoms with E-state index in [2.05, 4.69) is 24.4 Å². The lowest BCUT2D eigenvalue weighted by molar-refractivity contribution is 0.171. The minimum Gasteiger partial charge on any atom is -0.486 e. The number of rotatable bonds is 8. The lowest BCUT2D eigenvalue weighted by Gasteiger charge is -2.22. The fraction of sp³-hybridized carbons (Fsp3) is 0.600. The highest BCUT2D eigenvalue weighted by atomic mass is 32.2. The summed E-state index contributed by atoms with van der Waals surface area (Å²) in [7, 11) is 0. The molecule has 0 amide bonds. The molecule has 0 bridgehead atoms. The van der Waals surface area contributed by atoms with E-state index < -0.39 is 0 Å². The van der Waals surface area contributed by atoms with Crippen LogP contribution in [0.2, 0.25) is 0 Å². The summed E-state index contributed by atoms with van der Waals surface area (Å²) in [6.45, 7) is 4.56. The second-order valence-corrected chi connectivity index (χ2v) is 5.82. The van der Waals surface area contributed by atoms with Crippen LogP contribution in [0.4, 0.5) is 0 Å². The molecule has 1 atom stereocenters. The molecule has 1 aromatic rings. The monoisotopic (exact) mass is 297 g/mol. The van der Waals surface area contributed by atoms with E-state index in [4.69, 9.17) is 14.6 Å². The van der Waals surface area contributed by atoms with Crippen molar-refractivity contribution in [2.75, 3.05) is 37.9 Å². The average molecular weight is 297 g/mol. The fourth-order valence-electron chi connectivity index (χ4n) is 2.16. The molecule has 1 aliphatic heterocycles. The molecule has 0 spiro atoms. The Hall–Kier alpha value is -0.910. The highest BCUT2D eigenvalue weighted by Crippen LogP contribution is 2.33. The third kappa shape index (κ3) is 4.30. The third-order valence-electron chi connectivity index (χ3n) is 3.15. The maximum atomic E-state index is 8.82. The number of aliphatic hydroxyl groups excluding tert-OH is 1. The molecule has 0 saturated carbocycles. The zero-order valence-electron chi connectivity index (χ0n) is 11.9. The molecule has 2 rings (SSSR count). The van der Waals surface area contributed by atoms with Crippen LogP contribution in [0.5, 0.6) is 11.5 Å². The van der Waals surface area contributed by atoms with Crippen LogP contribution >= 0.6 is 11.8 Å². The standard InChI is InChI=1S/C15H23NO3S/c1-2-16-13(11-20-9-3-6-17)12-4-5-14-15(10-12)19-8-7-18-14/h4-5,10,13,16-17H,2-3,6-9,11H2,1H3. The predicted molar refractivity (Wildman–Crippen MR) is 82.9 cm³/mol. The van der Waals surface area contributed by atoms with Crippen LogP contribution in [-0.2, 0) is 0 Å². The van der Waals surface area contributed by atoms with E-state index in [1.54, 1.807) is 0 Å². The summed E-state index contributed by atoms with van der Waals surface area (Å²) in [5.41, 5.74) is 1.23. The molecule has 0 radical (unpaired) electrons. The summed E-state index contributed by atoms with van der Waals surface area (Å²) in [5.74, 6) is 3.66. The van der Waals surface area contributed by atoms with Crippen LogP contribution in [0.25, 0.3) is 0 Å². The Bertz CT molecular complexity index is 414. The van der Waals surface area contributed by atoms with Crippen LogP contribution in [-0.4, -0.2) is 43.0 Å². The molecule has 1 unspecified atom stereocenters. The molecular formula is C15H23NO3S. The number of hydrogen-bond donors (Lipinski definition) is 2. The maximum absolute atomic E-state index is 8.82. The summed E-state index contributed by atoms with van der Waals surface area (Å²) >= 11 is 1.86. The van der Waals surface area contributed by atoms with Gasteiger partial charge >= 0.3 is 0 Å². The van der Waals surface area contributed by atoms with Crippen LogP contribution in [0.1, 0.15) is 24.9 Å². The van der Waals surface area contributed by atoms with Gasteiger partial charge in [0, 0.05) is 18.4 Å². The van der Waals surface area contributed by atoms with E-state index in [9.17, 15) is 0 Å². The van der Waals surface area contributed by atoms with E-state index in [-0.39, 0.29) is 6.61 Å². The van der Waals surface area contributed by atoms with Crippen molar-refractivity contribution in [3.05, 3.63) is 23.8 Å². The molecule has 5 heteroatoms. The quantitative estimate of drug-likeness (QED) is 0.721. The molecule has 0 aromatic heterocycles. The zero-order chi connectivity index (χ0) is 14.2. The van der Waals surface area contributed by atoms with E-state index in [1.165, 1.54) is 5.56 Å². The molecule has 112 valence electrons. The van der Waals surface area contributed by atoms with Gasteiger partial charge in [0.1, 0.15) is 13.2 Å². The Morgan fingerprint density at radius 1 is 1.30 bits per heavy atom. The van der Waals surface area contributed by atoms with Gasteiger partial charge in [-0.3, -0.25) is 0 Å². The molecule has 20 heavy (non-hydrogen) atoms. The summed E-state index contributed by atoms with van der Waals surface area (Å²) < 4.78 is 11.2. The molecule has 0 aliphatic carbocycles. The van der Waals surface area contributed by atoms with E-state index >= 15 is 0 Å². The van der Waals surface area contributed by atoms with Gasteiger partial charge in [0.2, 0.25) is 0 Å². The van der Waals surface area contributed by atoms with Gasteiger partial charge in [0.05, 0.1) is 0 Å². The van der Waals surface area contributed by atoms with E-state index in [0.29, 0.717) is 19.3 Å². The first kappa shape index (κ1) is 15.5. The van der Waals surface area contributed by atoms with Crippen molar-refractivity contribution in [2.45, 2.75) is 19.4 Å².